The minimum Gasteiger partial charge on any atom is -0.459 e. The molecule has 0 bridgehead atoms. The van der Waals surface area contributed by atoms with Gasteiger partial charge in [0.15, 0.2) is 0 Å². The second-order valence-corrected chi connectivity index (χ2v) is 5.71. The van der Waals surface area contributed by atoms with Gasteiger partial charge in [0.05, 0.1) is 16.1 Å². The lowest BCUT2D eigenvalue weighted by molar-refractivity contribution is -0.142. The highest BCUT2D eigenvalue weighted by molar-refractivity contribution is 6.43. The zero-order valence-electron chi connectivity index (χ0n) is 12.5. The van der Waals surface area contributed by atoms with Crippen LogP contribution < -0.4 is 0 Å². The van der Waals surface area contributed by atoms with Crippen LogP contribution in [0.3, 0.4) is 0 Å². The van der Waals surface area contributed by atoms with E-state index in [0.717, 1.165) is 0 Å². The number of carbonyl (C=O) groups excluding carboxylic acids is 1. The molecule has 2 rings (SSSR count). The van der Waals surface area contributed by atoms with Gasteiger partial charge in [0.2, 0.25) is 0 Å². The Bertz CT molecular complexity index is 800. The molecule has 1 aromatic carbocycles. The fraction of sp³-hybridized carbons (Fsp3) is 0.176. The van der Waals surface area contributed by atoms with E-state index < -0.39 is 5.97 Å². The average Bonchev–Trinajstić information content (AvgIpc) is 2.95. The van der Waals surface area contributed by atoms with Crippen LogP contribution in [0.15, 0.2) is 40.3 Å². The summed E-state index contributed by atoms with van der Waals surface area (Å²) in [5.74, 6) is 0.132. The summed E-state index contributed by atoms with van der Waals surface area (Å²) in [6.07, 6.45) is 1.02. The molecule has 0 aliphatic carbocycles. The number of nitrogens with zero attached hydrogens (tertiary/aromatic N) is 1. The minimum atomic E-state index is -0.693. The van der Waals surface area contributed by atoms with Crippen molar-refractivity contribution in [3.8, 4) is 17.4 Å². The molecule has 2 aromatic rings. The lowest BCUT2D eigenvalue weighted by atomic mass is 10.2. The molecule has 0 aliphatic heterocycles. The van der Waals surface area contributed by atoms with Gasteiger partial charge in [-0.15, -0.1) is 0 Å². The Morgan fingerprint density at radius 1 is 1.30 bits per heavy atom. The molecule has 0 unspecified atom stereocenters. The molecule has 0 saturated carbocycles. The Kier molecular flexibility index (Phi) is 5.49. The molecule has 0 fully saturated rings. The maximum atomic E-state index is 11.8. The highest BCUT2D eigenvalue weighted by atomic mass is 35.5. The molecule has 0 atom stereocenters. The van der Waals surface area contributed by atoms with Crippen LogP contribution in [0.5, 0.6) is 0 Å². The molecule has 23 heavy (non-hydrogen) atoms. The van der Waals surface area contributed by atoms with E-state index in [4.69, 9.17) is 37.6 Å². The first-order valence-electron chi connectivity index (χ1n) is 6.79. The highest BCUT2D eigenvalue weighted by Crippen LogP contribution is 2.34. The van der Waals surface area contributed by atoms with Crippen molar-refractivity contribution >= 4 is 35.2 Å². The van der Waals surface area contributed by atoms with E-state index in [2.05, 4.69) is 0 Å². The smallest absolute Gasteiger partial charge is 0.349 e. The Morgan fingerprint density at radius 3 is 2.70 bits per heavy atom. The zero-order chi connectivity index (χ0) is 17.0. The van der Waals surface area contributed by atoms with Crippen molar-refractivity contribution < 1.29 is 13.9 Å². The second kappa shape index (κ2) is 7.36. The van der Waals surface area contributed by atoms with Gasteiger partial charge in [-0.3, -0.25) is 0 Å². The molecular formula is C17H13Cl2NO3. The number of furan rings is 1. The fourth-order valence-electron chi connectivity index (χ4n) is 1.83. The van der Waals surface area contributed by atoms with Crippen LogP contribution in [0.2, 0.25) is 10.0 Å². The lowest BCUT2D eigenvalue weighted by Crippen LogP contribution is -2.12. The highest BCUT2D eigenvalue weighted by Gasteiger charge is 2.15. The molecule has 0 spiro atoms. The third-order valence-corrected chi connectivity index (χ3v) is 3.63. The van der Waals surface area contributed by atoms with Gasteiger partial charge in [-0.25, -0.2) is 4.79 Å². The van der Waals surface area contributed by atoms with Crippen LogP contribution >= 0.6 is 23.2 Å². The molecule has 4 nitrogen and oxygen atoms in total. The summed E-state index contributed by atoms with van der Waals surface area (Å²) in [6, 6.07) is 10.3. The van der Waals surface area contributed by atoms with Crippen LogP contribution in [0.25, 0.3) is 17.4 Å². The largest absolute Gasteiger partial charge is 0.459 e. The molecule has 6 heteroatoms. The maximum Gasteiger partial charge on any atom is 0.349 e. The molecule has 0 radical (unpaired) electrons. The van der Waals surface area contributed by atoms with Crippen molar-refractivity contribution in [2.75, 3.05) is 0 Å². The number of ether oxygens (including phenoxy) is 1. The third-order valence-electron chi connectivity index (χ3n) is 2.81. The first-order chi connectivity index (χ1) is 10.9. The number of hydrogen-bond acceptors (Lipinski definition) is 4. The van der Waals surface area contributed by atoms with Crippen molar-refractivity contribution in [3.63, 3.8) is 0 Å². The van der Waals surface area contributed by atoms with Crippen molar-refractivity contribution in [3.05, 3.63) is 51.7 Å². The lowest BCUT2D eigenvalue weighted by Gasteiger charge is -2.06. The standard InChI is InChI=1S/C17H13Cl2NO3/c1-10(2)22-17(21)11(9-20)8-12-6-7-15(23-12)13-4-3-5-14(18)16(13)19/h3-8,10H,1-2H3/b11-8+. The second-order valence-electron chi connectivity index (χ2n) is 4.93. The molecule has 0 amide bonds. The van der Waals surface area contributed by atoms with Crippen molar-refractivity contribution in [2.45, 2.75) is 20.0 Å². The summed E-state index contributed by atoms with van der Waals surface area (Å²) < 4.78 is 10.6. The Hall–Kier alpha value is -2.22. The number of carbonyl (C=O) groups is 1. The van der Waals surface area contributed by atoms with Crippen LogP contribution in [0.1, 0.15) is 19.6 Å². The molecular weight excluding hydrogens is 337 g/mol. The van der Waals surface area contributed by atoms with Gasteiger partial charge < -0.3 is 9.15 Å². The van der Waals surface area contributed by atoms with E-state index in [9.17, 15) is 4.79 Å². The minimum absolute atomic E-state index is 0.142. The van der Waals surface area contributed by atoms with Crippen molar-refractivity contribution in [2.24, 2.45) is 0 Å². The SMILES string of the molecule is CC(C)OC(=O)/C(C#N)=C/c1ccc(-c2cccc(Cl)c2Cl)o1. The van der Waals surface area contributed by atoms with Crippen LogP contribution in [0.4, 0.5) is 0 Å². The van der Waals surface area contributed by atoms with E-state index in [1.54, 1.807) is 50.2 Å². The molecule has 1 aromatic heterocycles. The van der Waals surface area contributed by atoms with Gasteiger partial charge in [0, 0.05) is 11.6 Å². The number of benzene rings is 1. The van der Waals surface area contributed by atoms with Gasteiger partial charge in [0.25, 0.3) is 0 Å². The summed E-state index contributed by atoms with van der Waals surface area (Å²) in [6.45, 7) is 3.41. The van der Waals surface area contributed by atoms with E-state index >= 15 is 0 Å². The summed E-state index contributed by atoms with van der Waals surface area (Å²) in [5, 5.41) is 9.86. The van der Waals surface area contributed by atoms with Gasteiger partial charge >= 0.3 is 5.97 Å². The Labute approximate surface area is 143 Å². The molecule has 0 N–H and O–H groups in total. The van der Waals surface area contributed by atoms with Gasteiger partial charge in [-0.2, -0.15) is 5.26 Å². The topological polar surface area (TPSA) is 63.2 Å². The number of nitriles is 1. The van der Waals surface area contributed by atoms with Crippen LogP contribution in [-0.4, -0.2) is 12.1 Å². The van der Waals surface area contributed by atoms with Crippen LogP contribution in [-0.2, 0) is 9.53 Å². The quantitative estimate of drug-likeness (QED) is 0.437. The first-order valence-corrected chi connectivity index (χ1v) is 7.55. The van der Waals surface area contributed by atoms with E-state index in [1.807, 2.05) is 0 Å². The van der Waals surface area contributed by atoms with E-state index in [1.165, 1.54) is 6.08 Å². The maximum absolute atomic E-state index is 11.8. The van der Waals surface area contributed by atoms with E-state index in [-0.39, 0.29) is 11.7 Å². The Balaban J connectivity index is 2.32. The van der Waals surface area contributed by atoms with E-state index in [0.29, 0.717) is 27.1 Å². The predicted octanol–water partition coefficient (Wildman–Crippen LogP) is 5.11. The molecule has 1 heterocycles. The van der Waals surface area contributed by atoms with Gasteiger partial charge in [-0.05, 0) is 38.1 Å². The van der Waals surface area contributed by atoms with Crippen molar-refractivity contribution in [1.29, 1.82) is 5.26 Å². The van der Waals surface area contributed by atoms with Gasteiger partial charge in [-0.1, -0.05) is 29.3 Å². The average molecular weight is 350 g/mol. The molecule has 0 aliphatic rings. The third kappa shape index (κ3) is 4.16. The van der Waals surface area contributed by atoms with Crippen molar-refractivity contribution in [1.82, 2.24) is 0 Å². The summed E-state index contributed by atoms with van der Waals surface area (Å²) in [4.78, 5) is 11.8. The molecule has 118 valence electrons. The van der Waals surface area contributed by atoms with Gasteiger partial charge in [0.1, 0.15) is 23.2 Å². The number of halogens is 2. The Morgan fingerprint density at radius 2 is 2.04 bits per heavy atom. The van der Waals surface area contributed by atoms with Crippen LogP contribution in [0, 0.1) is 11.3 Å². The summed E-state index contributed by atoms with van der Waals surface area (Å²) >= 11 is 12.1. The normalized spacial score (nSPS) is 11.4. The monoisotopic (exact) mass is 349 g/mol. The zero-order valence-corrected chi connectivity index (χ0v) is 14.0. The summed E-state index contributed by atoms with van der Waals surface area (Å²) in [5.41, 5.74) is 0.485. The number of hydrogen-bond donors (Lipinski definition) is 0. The predicted molar refractivity (Wildman–Crippen MR) is 89.0 cm³/mol. The molecule has 0 saturated heterocycles. The number of esters is 1. The number of rotatable bonds is 4. The first kappa shape index (κ1) is 17.1. The summed E-state index contributed by atoms with van der Waals surface area (Å²) in [7, 11) is 0. The fourth-order valence-corrected chi connectivity index (χ4v) is 2.22.